The van der Waals surface area contributed by atoms with E-state index in [0.29, 0.717) is 24.7 Å². The number of aryl methyl sites for hydroxylation is 1. The summed E-state index contributed by atoms with van der Waals surface area (Å²) in [5, 5.41) is 0.380. The predicted molar refractivity (Wildman–Crippen MR) is 96.1 cm³/mol. The van der Waals surface area contributed by atoms with Crippen molar-refractivity contribution < 1.29 is 17.9 Å². The van der Waals surface area contributed by atoms with Crippen LogP contribution >= 0.6 is 11.6 Å². The van der Waals surface area contributed by atoms with Crippen molar-refractivity contribution in [3.05, 3.63) is 29.0 Å². The average molecular weight is 390 g/mol. The first-order valence-corrected chi connectivity index (χ1v) is 10.1. The summed E-state index contributed by atoms with van der Waals surface area (Å²) in [6.45, 7) is 6.62. The standard InChI is InChI=1S/C16H24ClN3O4S/c1-16(2,3)24-15(21)19-7-9-20(10-8-19)25(22,23)11-6-13-4-5-14(17)18-12-13/h4-5,12H,6-11H2,1-3H3. The Labute approximate surface area is 154 Å². The molecule has 0 unspecified atom stereocenters. The Balaban J connectivity index is 1.86. The third-order valence-electron chi connectivity index (χ3n) is 3.72. The van der Waals surface area contributed by atoms with E-state index in [0.717, 1.165) is 5.56 Å². The highest BCUT2D eigenvalue weighted by Gasteiger charge is 2.30. The van der Waals surface area contributed by atoms with Gasteiger partial charge >= 0.3 is 6.09 Å². The van der Waals surface area contributed by atoms with Gasteiger partial charge in [0.2, 0.25) is 10.0 Å². The van der Waals surface area contributed by atoms with Gasteiger partial charge in [-0.2, -0.15) is 4.31 Å². The maximum absolute atomic E-state index is 12.5. The molecule has 0 atom stereocenters. The Morgan fingerprint density at radius 2 is 1.88 bits per heavy atom. The zero-order chi connectivity index (χ0) is 18.7. The lowest BCUT2D eigenvalue weighted by Gasteiger charge is -2.35. The predicted octanol–water partition coefficient (Wildman–Crippen LogP) is 2.16. The maximum atomic E-state index is 12.5. The second-order valence-electron chi connectivity index (χ2n) is 6.92. The van der Waals surface area contributed by atoms with Crippen molar-refractivity contribution in [2.75, 3.05) is 31.9 Å². The third-order valence-corrected chi connectivity index (χ3v) is 5.82. The van der Waals surface area contributed by atoms with Crippen LogP contribution in [-0.2, 0) is 21.2 Å². The van der Waals surface area contributed by atoms with E-state index in [1.807, 2.05) is 0 Å². The van der Waals surface area contributed by atoms with Crippen molar-refractivity contribution in [3.63, 3.8) is 0 Å². The van der Waals surface area contributed by atoms with Crippen LogP contribution in [0.5, 0.6) is 0 Å². The number of piperazine rings is 1. The van der Waals surface area contributed by atoms with Gasteiger partial charge in [-0.15, -0.1) is 0 Å². The van der Waals surface area contributed by atoms with Gasteiger partial charge in [-0.25, -0.2) is 18.2 Å². The fraction of sp³-hybridized carbons (Fsp3) is 0.625. The number of hydrogen-bond donors (Lipinski definition) is 0. The number of aromatic nitrogens is 1. The van der Waals surface area contributed by atoms with E-state index in [9.17, 15) is 13.2 Å². The highest BCUT2D eigenvalue weighted by Crippen LogP contribution is 2.15. The second kappa shape index (κ2) is 7.88. The Morgan fingerprint density at radius 1 is 1.24 bits per heavy atom. The van der Waals surface area contributed by atoms with Crippen LogP contribution in [-0.4, -0.2) is 66.2 Å². The molecule has 1 saturated heterocycles. The molecule has 0 N–H and O–H groups in total. The van der Waals surface area contributed by atoms with E-state index in [4.69, 9.17) is 16.3 Å². The van der Waals surface area contributed by atoms with Crippen LogP contribution < -0.4 is 0 Å². The SMILES string of the molecule is CC(C)(C)OC(=O)N1CCN(S(=O)(=O)CCc2ccc(Cl)nc2)CC1. The van der Waals surface area contributed by atoms with Crippen LogP contribution in [0.3, 0.4) is 0 Å². The van der Waals surface area contributed by atoms with Gasteiger partial charge in [0.15, 0.2) is 0 Å². The Hall–Kier alpha value is -1.38. The number of amides is 1. The normalized spacial score (nSPS) is 16.7. The summed E-state index contributed by atoms with van der Waals surface area (Å²) in [6, 6.07) is 3.41. The van der Waals surface area contributed by atoms with Crippen LogP contribution in [0.25, 0.3) is 0 Å². The molecule has 25 heavy (non-hydrogen) atoms. The number of carbonyl (C=O) groups excluding carboxylic acids is 1. The zero-order valence-electron chi connectivity index (χ0n) is 14.7. The molecule has 1 aliphatic heterocycles. The summed E-state index contributed by atoms with van der Waals surface area (Å²) < 4.78 is 31.7. The van der Waals surface area contributed by atoms with E-state index in [1.165, 1.54) is 4.31 Å². The fourth-order valence-electron chi connectivity index (χ4n) is 2.41. The fourth-order valence-corrected chi connectivity index (χ4v) is 3.99. The first-order chi connectivity index (χ1) is 11.6. The number of carbonyl (C=O) groups is 1. The first-order valence-electron chi connectivity index (χ1n) is 8.13. The maximum Gasteiger partial charge on any atom is 0.410 e. The van der Waals surface area contributed by atoms with E-state index < -0.39 is 21.7 Å². The Kier molecular flexibility index (Phi) is 6.29. The molecule has 9 heteroatoms. The van der Waals surface area contributed by atoms with Crippen LogP contribution in [0.2, 0.25) is 5.15 Å². The molecule has 7 nitrogen and oxygen atoms in total. The molecule has 0 saturated carbocycles. The van der Waals surface area contributed by atoms with Gasteiger partial charge < -0.3 is 9.64 Å². The van der Waals surface area contributed by atoms with Crippen molar-refractivity contribution in [3.8, 4) is 0 Å². The van der Waals surface area contributed by atoms with Crippen LogP contribution in [0.15, 0.2) is 18.3 Å². The molecule has 0 aliphatic carbocycles. The minimum atomic E-state index is -3.38. The zero-order valence-corrected chi connectivity index (χ0v) is 16.3. The largest absolute Gasteiger partial charge is 0.444 e. The van der Waals surface area contributed by atoms with Crippen molar-refractivity contribution >= 4 is 27.7 Å². The van der Waals surface area contributed by atoms with Crippen LogP contribution in [0, 0.1) is 0 Å². The number of pyridine rings is 1. The molecular weight excluding hydrogens is 366 g/mol. The van der Waals surface area contributed by atoms with E-state index in [1.54, 1.807) is 44.0 Å². The molecular formula is C16H24ClN3O4S. The summed E-state index contributed by atoms with van der Waals surface area (Å²) in [5.41, 5.74) is 0.257. The van der Waals surface area contributed by atoms with Gasteiger partial charge in [0.25, 0.3) is 0 Å². The van der Waals surface area contributed by atoms with Gasteiger partial charge in [-0.3, -0.25) is 0 Å². The smallest absolute Gasteiger partial charge is 0.410 e. The van der Waals surface area contributed by atoms with Gasteiger partial charge in [-0.05, 0) is 38.8 Å². The number of sulfonamides is 1. The number of halogens is 1. The first kappa shape index (κ1) is 19.9. The Morgan fingerprint density at radius 3 is 2.40 bits per heavy atom. The summed E-state index contributed by atoms with van der Waals surface area (Å²) in [7, 11) is -3.38. The van der Waals surface area contributed by atoms with Gasteiger partial charge in [0.1, 0.15) is 10.8 Å². The number of nitrogens with zero attached hydrogens (tertiary/aromatic N) is 3. The van der Waals surface area contributed by atoms with Crippen molar-refractivity contribution in [1.82, 2.24) is 14.2 Å². The highest BCUT2D eigenvalue weighted by atomic mass is 35.5. The third kappa shape index (κ3) is 6.13. The molecule has 1 aromatic heterocycles. The topological polar surface area (TPSA) is 79.8 Å². The average Bonchev–Trinajstić information content (AvgIpc) is 2.53. The van der Waals surface area contributed by atoms with Crippen LogP contribution in [0.1, 0.15) is 26.3 Å². The lowest BCUT2D eigenvalue weighted by Crippen LogP contribution is -2.52. The van der Waals surface area contributed by atoms with Crippen molar-refractivity contribution in [2.45, 2.75) is 32.8 Å². The second-order valence-corrected chi connectivity index (χ2v) is 9.40. The molecule has 2 heterocycles. The van der Waals surface area contributed by atoms with Crippen molar-refractivity contribution in [2.24, 2.45) is 0 Å². The van der Waals surface area contributed by atoms with E-state index >= 15 is 0 Å². The van der Waals surface area contributed by atoms with Gasteiger partial charge in [0, 0.05) is 32.4 Å². The van der Waals surface area contributed by atoms with E-state index in [-0.39, 0.29) is 18.8 Å². The highest BCUT2D eigenvalue weighted by molar-refractivity contribution is 7.89. The lowest BCUT2D eigenvalue weighted by molar-refractivity contribution is 0.0192. The van der Waals surface area contributed by atoms with Crippen molar-refractivity contribution in [1.29, 1.82) is 0 Å². The molecule has 0 spiro atoms. The minimum Gasteiger partial charge on any atom is -0.444 e. The monoisotopic (exact) mass is 389 g/mol. The number of hydrogen-bond acceptors (Lipinski definition) is 5. The lowest BCUT2D eigenvalue weighted by atomic mass is 10.2. The number of ether oxygens (including phenoxy) is 1. The van der Waals surface area contributed by atoms with E-state index in [2.05, 4.69) is 4.98 Å². The van der Waals surface area contributed by atoms with Gasteiger partial charge in [0.05, 0.1) is 5.75 Å². The van der Waals surface area contributed by atoms with Gasteiger partial charge in [-0.1, -0.05) is 17.7 Å². The summed E-state index contributed by atoms with van der Waals surface area (Å²) in [5.74, 6) is 0.00273. The molecule has 0 radical (unpaired) electrons. The quantitative estimate of drug-likeness (QED) is 0.737. The summed E-state index contributed by atoms with van der Waals surface area (Å²) in [6.07, 6.45) is 1.55. The Bertz CT molecular complexity index is 693. The summed E-state index contributed by atoms with van der Waals surface area (Å²) >= 11 is 5.72. The molecule has 1 amide bonds. The number of rotatable bonds is 4. The van der Waals surface area contributed by atoms with Crippen LogP contribution in [0.4, 0.5) is 4.79 Å². The molecule has 0 bridgehead atoms. The molecule has 0 aromatic carbocycles. The molecule has 140 valence electrons. The molecule has 2 rings (SSSR count). The minimum absolute atomic E-state index is 0.00273. The molecule has 1 aromatic rings. The summed E-state index contributed by atoms with van der Waals surface area (Å²) in [4.78, 5) is 17.5. The molecule has 1 fully saturated rings. The molecule has 1 aliphatic rings.